The number of hydrogen-bond donors (Lipinski definition) is 1. The fourth-order valence-electron chi connectivity index (χ4n) is 3.76. The summed E-state index contributed by atoms with van der Waals surface area (Å²) in [7, 11) is 0. The van der Waals surface area contributed by atoms with E-state index in [9.17, 15) is 19.5 Å². The molecule has 0 bridgehead atoms. The number of pyridine rings is 2. The number of aromatic nitrogens is 2. The zero-order valence-corrected chi connectivity index (χ0v) is 17.3. The van der Waals surface area contributed by atoms with E-state index < -0.39 is 12.0 Å². The van der Waals surface area contributed by atoms with Gasteiger partial charge in [-0.2, -0.15) is 0 Å². The van der Waals surface area contributed by atoms with E-state index in [0.717, 1.165) is 11.4 Å². The number of carbonyl (C=O) groups excluding carboxylic acids is 2. The van der Waals surface area contributed by atoms with Crippen molar-refractivity contribution in [3.8, 4) is 0 Å². The number of aliphatic carboxylic acids is 1. The van der Waals surface area contributed by atoms with Crippen LogP contribution in [0.4, 0.5) is 0 Å². The Morgan fingerprint density at radius 2 is 1.84 bits per heavy atom. The van der Waals surface area contributed by atoms with Crippen LogP contribution in [-0.4, -0.2) is 67.0 Å². The summed E-state index contributed by atoms with van der Waals surface area (Å²) < 4.78 is 4.75. The lowest BCUT2D eigenvalue weighted by Crippen LogP contribution is -2.70. The van der Waals surface area contributed by atoms with Crippen molar-refractivity contribution in [2.75, 3.05) is 12.4 Å². The number of carboxylic acids is 1. The zero-order chi connectivity index (χ0) is 21.8. The molecule has 2 unspecified atom stereocenters. The molecule has 2 aliphatic rings. The van der Waals surface area contributed by atoms with Gasteiger partial charge in [0.2, 0.25) is 5.91 Å². The van der Waals surface area contributed by atoms with E-state index in [4.69, 9.17) is 4.74 Å². The molecule has 31 heavy (non-hydrogen) atoms. The maximum absolute atomic E-state index is 13.2. The zero-order valence-electron chi connectivity index (χ0n) is 16.5. The number of amides is 1. The number of carboxylic acid groups (broad SMARTS) is 1. The summed E-state index contributed by atoms with van der Waals surface area (Å²) in [5, 5.41) is 9.35. The molecular formula is C21H20N4O5S. The molecule has 0 saturated carbocycles. The Hall–Kier alpha value is -3.24. The molecule has 2 aromatic heterocycles. The summed E-state index contributed by atoms with van der Waals surface area (Å²) in [6.07, 6.45) is 3.40. The van der Waals surface area contributed by atoms with Gasteiger partial charge in [0, 0.05) is 36.8 Å². The quantitative estimate of drug-likeness (QED) is 0.455. The van der Waals surface area contributed by atoms with Crippen LogP contribution in [-0.2, 0) is 32.2 Å². The predicted octanol–water partition coefficient (Wildman–Crippen LogP) is 1.27. The number of nitrogens with zero attached hydrogens (tertiary/aromatic N) is 4. The van der Waals surface area contributed by atoms with Crippen LogP contribution in [0.1, 0.15) is 11.4 Å². The predicted molar refractivity (Wildman–Crippen MR) is 111 cm³/mol. The molecule has 10 heteroatoms. The molecule has 4 rings (SSSR count). The first kappa shape index (κ1) is 21.0. The molecule has 0 aliphatic carbocycles. The van der Waals surface area contributed by atoms with Crippen molar-refractivity contribution in [2.45, 2.75) is 24.5 Å². The SMILES string of the molecule is O=COCC1=C(C(=O)O)N2C(=O)C(N(Cc3ccccn3)Cc3ccccn3)C2SC1. The van der Waals surface area contributed by atoms with E-state index in [1.807, 2.05) is 41.3 Å². The number of fused-ring (bicyclic) bond motifs is 1. The topological polar surface area (TPSA) is 113 Å². The summed E-state index contributed by atoms with van der Waals surface area (Å²) in [6.45, 7) is 0.966. The highest BCUT2D eigenvalue weighted by molar-refractivity contribution is 8.00. The van der Waals surface area contributed by atoms with Crippen molar-refractivity contribution in [1.29, 1.82) is 0 Å². The van der Waals surface area contributed by atoms with E-state index in [1.165, 1.54) is 16.7 Å². The van der Waals surface area contributed by atoms with E-state index in [-0.39, 0.29) is 30.1 Å². The number of thioether (sulfide) groups is 1. The molecule has 0 spiro atoms. The molecule has 2 atom stereocenters. The van der Waals surface area contributed by atoms with E-state index in [1.54, 1.807) is 12.4 Å². The van der Waals surface area contributed by atoms with Crippen molar-refractivity contribution < 1.29 is 24.2 Å². The van der Waals surface area contributed by atoms with Crippen LogP contribution in [0.5, 0.6) is 0 Å². The van der Waals surface area contributed by atoms with Gasteiger partial charge in [-0.1, -0.05) is 12.1 Å². The molecule has 2 aliphatic heterocycles. The highest BCUT2D eigenvalue weighted by Gasteiger charge is 2.55. The van der Waals surface area contributed by atoms with Crippen LogP contribution < -0.4 is 0 Å². The van der Waals surface area contributed by atoms with Crippen LogP contribution in [0.3, 0.4) is 0 Å². The van der Waals surface area contributed by atoms with E-state index in [0.29, 0.717) is 24.4 Å². The monoisotopic (exact) mass is 440 g/mol. The summed E-state index contributed by atoms with van der Waals surface area (Å²) in [5.74, 6) is -1.14. The Bertz CT molecular complexity index is 960. The van der Waals surface area contributed by atoms with Gasteiger partial charge in [-0.05, 0) is 24.3 Å². The minimum atomic E-state index is -1.21. The van der Waals surface area contributed by atoms with Crippen LogP contribution >= 0.6 is 11.8 Å². The minimum Gasteiger partial charge on any atom is -0.477 e. The second-order valence-electron chi connectivity index (χ2n) is 7.07. The molecule has 1 amide bonds. The summed E-state index contributed by atoms with van der Waals surface area (Å²) >= 11 is 1.46. The fraction of sp³-hybridized carbons (Fsp3) is 0.286. The third-order valence-electron chi connectivity index (χ3n) is 5.12. The molecule has 160 valence electrons. The van der Waals surface area contributed by atoms with Gasteiger partial charge in [-0.15, -0.1) is 11.8 Å². The van der Waals surface area contributed by atoms with Crippen molar-refractivity contribution in [3.05, 3.63) is 71.4 Å². The minimum absolute atomic E-state index is 0.0949. The van der Waals surface area contributed by atoms with Crippen molar-refractivity contribution in [1.82, 2.24) is 19.8 Å². The first-order valence-electron chi connectivity index (χ1n) is 9.59. The Labute approximate surface area is 182 Å². The van der Waals surface area contributed by atoms with Gasteiger partial charge in [0.1, 0.15) is 23.7 Å². The number of hydrogen-bond acceptors (Lipinski definition) is 8. The molecule has 1 fully saturated rings. The highest BCUT2D eigenvalue weighted by Crippen LogP contribution is 2.43. The van der Waals surface area contributed by atoms with Gasteiger partial charge in [-0.3, -0.25) is 29.4 Å². The van der Waals surface area contributed by atoms with Gasteiger partial charge < -0.3 is 9.84 Å². The maximum Gasteiger partial charge on any atom is 0.352 e. The van der Waals surface area contributed by atoms with Crippen molar-refractivity contribution in [2.24, 2.45) is 0 Å². The smallest absolute Gasteiger partial charge is 0.352 e. The third kappa shape index (κ3) is 4.30. The third-order valence-corrected chi connectivity index (χ3v) is 6.45. The van der Waals surface area contributed by atoms with Crippen molar-refractivity contribution >= 4 is 30.1 Å². The lowest BCUT2D eigenvalue weighted by molar-refractivity contribution is -0.155. The first-order valence-corrected chi connectivity index (χ1v) is 10.6. The number of ether oxygens (including phenoxy) is 1. The Balaban J connectivity index is 1.61. The molecule has 1 N–H and O–H groups in total. The van der Waals surface area contributed by atoms with Crippen LogP contribution in [0.2, 0.25) is 0 Å². The van der Waals surface area contributed by atoms with Gasteiger partial charge >= 0.3 is 5.97 Å². The lowest BCUT2D eigenvalue weighted by Gasteiger charge is -2.52. The van der Waals surface area contributed by atoms with Crippen LogP contribution in [0, 0.1) is 0 Å². The summed E-state index contributed by atoms with van der Waals surface area (Å²) in [5.41, 5.74) is 1.93. The molecule has 0 aromatic carbocycles. The average molecular weight is 440 g/mol. The van der Waals surface area contributed by atoms with E-state index in [2.05, 4.69) is 9.97 Å². The molecule has 0 radical (unpaired) electrons. The average Bonchev–Trinajstić information content (AvgIpc) is 2.78. The number of β-lactam (4-membered cyclic amide) rings is 1. The largest absolute Gasteiger partial charge is 0.477 e. The van der Waals surface area contributed by atoms with Crippen LogP contribution in [0.15, 0.2) is 60.1 Å². The molecule has 2 aromatic rings. The molecule has 4 heterocycles. The first-order chi connectivity index (χ1) is 15.1. The summed E-state index contributed by atoms with van der Waals surface area (Å²) in [6, 6.07) is 10.7. The molecule has 9 nitrogen and oxygen atoms in total. The Kier molecular flexibility index (Phi) is 6.28. The molecular weight excluding hydrogens is 420 g/mol. The number of rotatable bonds is 9. The van der Waals surface area contributed by atoms with Crippen LogP contribution in [0.25, 0.3) is 0 Å². The fourth-order valence-corrected chi connectivity index (χ4v) is 5.19. The maximum atomic E-state index is 13.2. The van der Waals surface area contributed by atoms with Crippen molar-refractivity contribution in [3.63, 3.8) is 0 Å². The highest BCUT2D eigenvalue weighted by atomic mass is 32.2. The normalized spacial score (nSPS) is 20.3. The van der Waals surface area contributed by atoms with Gasteiger partial charge in [-0.25, -0.2) is 4.79 Å². The second kappa shape index (κ2) is 9.27. The lowest BCUT2D eigenvalue weighted by atomic mass is 10.0. The standard InChI is InChI=1S/C21H20N4O5S/c26-13-30-11-14-12-31-20-18(19(27)25(20)17(14)21(28)29)24(9-15-5-1-3-7-22-15)10-16-6-2-4-8-23-16/h1-8,13,18,20H,9-12H2,(H,28,29). The van der Waals surface area contributed by atoms with Gasteiger partial charge in [0.15, 0.2) is 0 Å². The van der Waals surface area contributed by atoms with Gasteiger partial charge in [0.05, 0.1) is 11.4 Å². The number of carbonyl (C=O) groups is 3. The summed E-state index contributed by atoms with van der Waals surface area (Å²) in [4.78, 5) is 47.6. The Morgan fingerprint density at radius 3 is 2.35 bits per heavy atom. The van der Waals surface area contributed by atoms with E-state index >= 15 is 0 Å². The second-order valence-corrected chi connectivity index (χ2v) is 8.17. The molecule has 1 saturated heterocycles. The van der Waals surface area contributed by atoms with Gasteiger partial charge in [0.25, 0.3) is 6.47 Å². The Morgan fingerprint density at radius 1 is 1.19 bits per heavy atom.